The van der Waals surface area contributed by atoms with Crippen LogP contribution in [-0.2, 0) is 11.3 Å². The highest BCUT2D eigenvalue weighted by Crippen LogP contribution is 2.33. The van der Waals surface area contributed by atoms with Crippen molar-refractivity contribution in [1.82, 2.24) is 5.32 Å². The smallest absolute Gasteiger partial charge is 0.161 e. The standard InChI is InChI=1S/C16H26BrNO3/c1-12(2)5-7-21-8-6-18-11-13-9-15(19-3)16(20-4)10-14(13)17/h9-10,12,18H,5-8,11H2,1-4H3. The molecule has 0 heterocycles. The van der Waals surface area contributed by atoms with Gasteiger partial charge in [0.1, 0.15) is 0 Å². The van der Waals surface area contributed by atoms with Crippen LogP contribution in [0, 0.1) is 5.92 Å². The molecule has 120 valence electrons. The van der Waals surface area contributed by atoms with E-state index in [4.69, 9.17) is 14.2 Å². The minimum atomic E-state index is 0.695. The Morgan fingerprint density at radius 2 is 1.76 bits per heavy atom. The lowest BCUT2D eigenvalue weighted by Gasteiger charge is -2.13. The molecule has 1 N–H and O–H groups in total. The molecule has 1 aromatic carbocycles. The zero-order chi connectivity index (χ0) is 15.7. The lowest BCUT2D eigenvalue weighted by molar-refractivity contribution is 0.125. The molecule has 0 radical (unpaired) electrons. The van der Waals surface area contributed by atoms with Crippen LogP contribution in [-0.4, -0.2) is 34.0 Å². The summed E-state index contributed by atoms with van der Waals surface area (Å²) < 4.78 is 17.2. The van der Waals surface area contributed by atoms with E-state index < -0.39 is 0 Å². The molecule has 0 spiro atoms. The fraction of sp³-hybridized carbons (Fsp3) is 0.625. The molecular formula is C16H26BrNO3. The molecule has 0 saturated carbocycles. The quantitative estimate of drug-likeness (QED) is 0.647. The van der Waals surface area contributed by atoms with Crippen LogP contribution in [0.4, 0.5) is 0 Å². The van der Waals surface area contributed by atoms with Gasteiger partial charge in [-0.25, -0.2) is 0 Å². The Balaban J connectivity index is 2.35. The normalized spacial score (nSPS) is 11.0. The number of ether oxygens (including phenoxy) is 3. The number of benzene rings is 1. The summed E-state index contributed by atoms with van der Waals surface area (Å²) >= 11 is 3.55. The summed E-state index contributed by atoms with van der Waals surface area (Å²) in [4.78, 5) is 0. The van der Waals surface area contributed by atoms with Gasteiger partial charge in [-0.3, -0.25) is 0 Å². The summed E-state index contributed by atoms with van der Waals surface area (Å²) in [5, 5.41) is 3.37. The topological polar surface area (TPSA) is 39.7 Å². The van der Waals surface area contributed by atoms with Gasteiger partial charge in [-0.2, -0.15) is 0 Å². The molecule has 0 aliphatic carbocycles. The molecule has 0 saturated heterocycles. The summed E-state index contributed by atoms with van der Waals surface area (Å²) in [5.74, 6) is 2.16. The van der Waals surface area contributed by atoms with Gasteiger partial charge >= 0.3 is 0 Å². The first kappa shape index (κ1) is 18.3. The van der Waals surface area contributed by atoms with Crippen molar-refractivity contribution in [3.63, 3.8) is 0 Å². The Labute approximate surface area is 136 Å². The van der Waals surface area contributed by atoms with Crippen molar-refractivity contribution in [3.05, 3.63) is 22.2 Å². The van der Waals surface area contributed by atoms with Gasteiger partial charge in [0.15, 0.2) is 11.5 Å². The van der Waals surface area contributed by atoms with E-state index in [1.165, 1.54) is 0 Å². The van der Waals surface area contributed by atoms with E-state index in [0.717, 1.165) is 54.3 Å². The summed E-state index contributed by atoms with van der Waals surface area (Å²) in [6.45, 7) is 7.57. The minimum Gasteiger partial charge on any atom is -0.493 e. The first-order chi connectivity index (χ1) is 10.1. The first-order valence-electron chi connectivity index (χ1n) is 7.27. The van der Waals surface area contributed by atoms with Crippen LogP contribution in [0.25, 0.3) is 0 Å². The first-order valence-corrected chi connectivity index (χ1v) is 8.06. The van der Waals surface area contributed by atoms with Gasteiger partial charge in [-0.05, 0) is 30.0 Å². The van der Waals surface area contributed by atoms with E-state index in [1.807, 2.05) is 12.1 Å². The van der Waals surface area contributed by atoms with Crippen molar-refractivity contribution in [1.29, 1.82) is 0 Å². The molecular weight excluding hydrogens is 334 g/mol. The number of hydrogen-bond donors (Lipinski definition) is 1. The van der Waals surface area contributed by atoms with Gasteiger partial charge < -0.3 is 19.5 Å². The Morgan fingerprint density at radius 3 is 2.38 bits per heavy atom. The number of rotatable bonds is 10. The zero-order valence-electron chi connectivity index (χ0n) is 13.4. The second-order valence-electron chi connectivity index (χ2n) is 5.27. The van der Waals surface area contributed by atoms with E-state index in [9.17, 15) is 0 Å². The Bertz CT molecular complexity index is 424. The second kappa shape index (κ2) is 10.0. The van der Waals surface area contributed by atoms with Crippen LogP contribution in [0.1, 0.15) is 25.8 Å². The molecule has 21 heavy (non-hydrogen) atoms. The van der Waals surface area contributed by atoms with Gasteiger partial charge in [-0.1, -0.05) is 29.8 Å². The Kier molecular flexibility index (Phi) is 8.73. The molecule has 0 amide bonds. The highest BCUT2D eigenvalue weighted by Gasteiger charge is 2.09. The molecule has 0 atom stereocenters. The molecule has 1 aromatic rings. The molecule has 5 heteroatoms. The maximum absolute atomic E-state index is 5.58. The van der Waals surface area contributed by atoms with Crippen LogP contribution in [0.15, 0.2) is 16.6 Å². The van der Waals surface area contributed by atoms with Gasteiger partial charge in [-0.15, -0.1) is 0 Å². The van der Waals surface area contributed by atoms with E-state index in [2.05, 4.69) is 35.1 Å². The third kappa shape index (κ3) is 6.68. The number of halogens is 1. The number of hydrogen-bond acceptors (Lipinski definition) is 4. The van der Waals surface area contributed by atoms with Gasteiger partial charge in [0.25, 0.3) is 0 Å². The van der Waals surface area contributed by atoms with Crippen molar-refractivity contribution in [2.24, 2.45) is 5.92 Å². The molecule has 0 aliphatic rings. The van der Waals surface area contributed by atoms with Gasteiger partial charge in [0.2, 0.25) is 0 Å². The summed E-state index contributed by atoms with van der Waals surface area (Å²) in [5.41, 5.74) is 1.13. The van der Waals surface area contributed by atoms with Gasteiger partial charge in [0, 0.05) is 24.2 Å². The van der Waals surface area contributed by atoms with Crippen LogP contribution in [0.2, 0.25) is 0 Å². The highest BCUT2D eigenvalue weighted by molar-refractivity contribution is 9.10. The summed E-state index contributed by atoms with van der Waals surface area (Å²) in [6.07, 6.45) is 1.11. The number of nitrogens with one attached hydrogen (secondary N) is 1. The van der Waals surface area contributed by atoms with E-state index in [0.29, 0.717) is 5.92 Å². The van der Waals surface area contributed by atoms with Crippen LogP contribution in [0.5, 0.6) is 11.5 Å². The maximum atomic E-state index is 5.58. The highest BCUT2D eigenvalue weighted by atomic mass is 79.9. The van der Waals surface area contributed by atoms with Crippen molar-refractivity contribution in [3.8, 4) is 11.5 Å². The molecule has 1 rings (SSSR count). The average Bonchev–Trinajstić information content (AvgIpc) is 2.46. The molecule has 0 aromatic heterocycles. The monoisotopic (exact) mass is 359 g/mol. The third-order valence-corrected chi connectivity index (χ3v) is 3.87. The van der Waals surface area contributed by atoms with Crippen molar-refractivity contribution in [2.45, 2.75) is 26.8 Å². The van der Waals surface area contributed by atoms with Crippen molar-refractivity contribution in [2.75, 3.05) is 34.0 Å². The van der Waals surface area contributed by atoms with Crippen molar-refractivity contribution < 1.29 is 14.2 Å². The second-order valence-corrected chi connectivity index (χ2v) is 6.12. The number of methoxy groups -OCH3 is 2. The fourth-order valence-corrected chi connectivity index (χ4v) is 2.28. The lowest BCUT2D eigenvalue weighted by Crippen LogP contribution is -2.20. The fourth-order valence-electron chi connectivity index (χ4n) is 1.82. The predicted molar refractivity (Wildman–Crippen MR) is 89.2 cm³/mol. The van der Waals surface area contributed by atoms with E-state index in [-0.39, 0.29) is 0 Å². The molecule has 4 nitrogen and oxygen atoms in total. The van der Waals surface area contributed by atoms with Crippen LogP contribution >= 0.6 is 15.9 Å². The molecule has 0 unspecified atom stereocenters. The largest absolute Gasteiger partial charge is 0.493 e. The SMILES string of the molecule is COc1cc(Br)c(CNCCOCCC(C)C)cc1OC. The summed E-state index contributed by atoms with van der Waals surface area (Å²) in [6, 6.07) is 3.91. The maximum Gasteiger partial charge on any atom is 0.161 e. The van der Waals surface area contributed by atoms with Crippen LogP contribution in [0.3, 0.4) is 0 Å². The zero-order valence-corrected chi connectivity index (χ0v) is 15.0. The van der Waals surface area contributed by atoms with Gasteiger partial charge in [0.05, 0.1) is 20.8 Å². The van der Waals surface area contributed by atoms with E-state index >= 15 is 0 Å². The van der Waals surface area contributed by atoms with Crippen molar-refractivity contribution >= 4 is 15.9 Å². The Hall–Kier alpha value is -0.780. The Morgan fingerprint density at radius 1 is 1.10 bits per heavy atom. The predicted octanol–water partition coefficient (Wildman–Crippen LogP) is 3.62. The van der Waals surface area contributed by atoms with Crippen LogP contribution < -0.4 is 14.8 Å². The van der Waals surface area contributed by atoms with E-state index in [1.54, 1.807) is 14.2 Å². The molecule has 0 fully saturated rings. The third-order valence-electron chi connectivity index (χ3n) is 3.13. The molecule has 0 aliphatic heterocycles. The molecule has 0 bridgehead atoms. The minimum absolute atomic E-state index is 0.695. The average molecular weight is 360 g/mol. The lowest BCUT2D eigenvalue weighted by atomic mass is 10.1. The summed E-state index contributed by atoms with van der Waals surface area (Å²) in [7, 11) is 3.28.